The first-order chi connectivity index (χ1) is 7.72. The molecular formula is C12H8N3O-. The Hall–Kier alpha value is -2.41. The molecule has 4 heteroatoms. The highest BCUT2D eigenvalue weighted by molar-refractivity contribution is 5.67. The normalized spacial score (nSPS) is 9.75. The first-order valence-corrected chi connectivity index (χ1v) is 4.71. The summed E-state index contributed by atoms with van der Waals surface area (Å²) in [6, 6.07) is 7.04. The van der Waals surface area contributed by atoms with E-state index in [9.17, 15) is 5.11 Å². The van der Waals surface area contributed by atoms with Gasteiger partial charge in [-0.25, -0.2) is 0 Å². The van der Waals surface area contributed by atoms with Gasteiger partial charge in [0, 0.05) is 29.5 Å². The van der Waals surface area contributed by atoms with Gasteiger partial charge < -0.3 is 5.11 Å². The molecule has 0 unspecified atom stereocenters. The third-order valence-electron chi connectivity index (χ3n) is 2.29. The van der Waals surface area contributed by atoms with Gasteiger partial charge in [-0.05, 0) is 30.7 Å². The first-order valence-electron chi connectivity index (χ1n) is 4.71. The van der Waals surface area contributed by atoms with E-state index in [0.29, 0.717) is 5.69 Å². The van der Waals surface area contributed by atoms with Crippen molar-refractivity contribution in [1.29, 1.82) is 5.26 Å². The Labute approximate surface area is 92.8 Å². The average molecular weight is 210 g/mol. The van der Waals surface area contributed by atoms with Gasteiger partial charge in [0.05, 0.1) is 5.56 Å². The van der Waals surface area contributed by atoms with Crippen molar-refractivity contribution in [1.82, 2.24) is 9.97 Å². The number of rotatable bonds is 1. The molecule has 0 radical (unpaired) electrons. The third-order valence-corrected chi connectivity index (χ3v) is 2.29. The highest BCUT2D eigenvalue weighted by Gasteiger charge is 2.05. The molecule has 2 rings (SSSR count). The fourth-order valence-corrected chi connectivity index (χ4v) is 1.49. The quantitative estimate of drug-likeness (QED) is 0.713. The second-order valence-corrected chi connectivity index (χ2v) is 3.32. The Kier molecular flexibility index (Phi) is 2.52. The van der Waals surface area contributed by atoms with Gasteiger partial charge >= 0.3 is 0 Å². The van der Waals surface area contributed by atoms with Crippen LogP contribution >= 0.6 is 0 Å². The minimum absolute atomic E-state index is 0.0670. The predicted molar refractivity (Wildman–Crippen MR) is 56.4 cm³/mol. The molecule has 0 fully saturated rings. The van der Waals surface area contributed by atoms with Crippen LogP contribution in [0.5, 0.6) is 5.88 Å². The van der Waals surface area contributed by atoms with Crippen LogP contribution in [0, 0.1) is 18.3 Å². The van der Waals surface area contributed by atoms with E-state index in [4.69, 9.17) is 5.26 Å². The second kappa shape index (κ2) is 3.99. The van der Waals surface area contributed by atoms with E-state index < -0.39 is 5.88 Å². The number of hydrogen-bond acceptors (Lipinski definition) is 4. The van der Waals surface area contributed by atoms with Crippen molar-refractivity contribution >= 4 is 0 Å². The number of aryl methyl sites for hydroxylation is 1. The van der Waals surface area contributed by atoms with E-state index >= 15 is 0 Å². The lowest BCUT2D eigenvalue weighted by Gasteiger charge is -2.12. The third kappa shape index (κ3) is 1.71. The van der Waals surface area contributed by atoms with Crippen LogP contribution in [-0.4, -0.2) is 9.97 Å². The van der Waals surface area contributed by atoms with Gasteiger partial charge in [0.25, 0.3) is 0 Å². The molecule has 0 atom stereocenters. The van der Waals surface area contributed by atoms with Crippen molar-refractivity contribution in [3.05, 3.63) is 41.9 Å². The van der Waals surface area contributed by atoms with Crippen LogP contribution in [0.2, 0.25) is 0 Å². The molecule has 2 aromatic rings. The summed E-state index contributed by atoms with van der Waals surface area (Å²) >= 11 is 0. The van der Waals surface area contributed by atoms with E-state index in [1.54, 1.807) is 25.4 Å². The molecule has 0 aliphatic heterocycles. The van der Waals surface area contributed by atoms with Crippen molar-refractivity contribution < 1.29 is 5.11 Å². The molecule has 0 aromatic carbocycles. The first kappa shape index (κ1) is 10.1. The van der Waals surface area contributed by atoms with Crippen LogP contribution < -0.4 is 5.11 Å². The van der Waals surface area contributed by atoms with Crippen LogP contribution in [0.4, 0.5) is 0 Å². The Morgan fingerprint density at radius 1 is 1.31 bits per heavy atom. The lowest BCUT2D eigenvalue weighted by atomic mass is 10.0. The maximum atomic E-state index is 11.3. The largest absolute Gasteiger partial charge is 0.858 e. The molecular weight excluding hydrogens is 202 g/mol. The lowest BCUT2D eigenvalue weighted by Crippen LogP contribution is -2.01. The molecule has 0 spiro atoms. The van der Waals surface area contributed by atoms with Gasteiger partial charge in [-0.3, -0.25) is 9.97 Å². The number of aromatic nitrogens is 2. The zero-order chi connectivity index (χ0) is 11.5. The molecule has 78 valence electrons. The fraction of sp³-hybridized carbons (Fsp3) is 0.0833. The van der Waals surface area contributed by atoms with Crippen molar-refractivity contribution in [2.24, 2.45) is 0 Å². The van der Waals surface area contributed by atoms with Crippen molar-refractivity contribution in [3.63, 3.8) is 0 Å². The van der Waals surface area contributed by atoms with Crippen molar-refractivity contribution in [2.45, 2.75) is 6.92 Å². The molecule has 2 heterocycles. The van der Waals surface area contributed by atoms with E-state index in [2.05, 4.69) is 9.97 Å². The van der Waals surface area contributed by atoms with E-state index in [1.807, 2.05) is 18.2 Å². The fourth-order valence-electron chi connectivity index (χ4n) is 1.49. The van der Waals surface area contributed by atoms with Crippen LogP contribution in [0.15, 0.2) is 30.6 Å². The lowest BCUT2D eigenvalue weighted by molar-refractivity contribution is -0.275. The Balaban J connectivity index is 2.63. The van der Waals surface area contributed by atoms with Crippen LogP contribution in [0.25, 0.3) is 11.1 Å². The molecule has 0 aliphatic rings. The predicted octanol–water partition coefficient (Wildman–Crippen LogP) is 1.40. The molecule has 2 aromatic heterocycles. The number of nitriles is 1. The molecule has 0 saturated carbocycles. The summed E-state index contributed by atoms with van der Waals surface area (Å²) in [6.45, 7) is 1.75. The van der Waals surface area contributed by atoms with Crippen molar-refractivity contribution in [3.8, 4) is 23.1 Å². The Morgan fingerprint density at radius 3 is 2.62 bits per heavy atom. The molecule has 0 saturated heterocycles. The maximum absolute atomic E-state index is 11.3. The standard InChI is InChI=1S/C12H9N3O/c1-8-11(9-2-4-14-5-3-9)6-10(7-13)12(16)15-8/h2-6H,1H3,(H,15,16)/p-1. The summed E-state index contributed by atoms with van der Waals surface area (Å²) in [5, 5.41) is 20.1. The monoisotopic (exact) mass is 210 g/mol. The van der Waals surface area contributed by atoms with E-state index in [-0.39, 0.29) is 5.56 Å². The van der Waals surface area contributed by atoms with Gasteiger partial charge in [-0.1, -0.05) is 0 Å². The molecule has 16 heavy (non-hydrogen) atoms. The molecule has 4 nitrogen and oxygen atoms in total. The zero-order valence-electron chi connectivity index (χ0n) is 8.64. The summed E-state index contributed by atoms with van der Waals surface area (Å²) in [5.41, 5.74) is 2.38. The molecule has 0 bridgehead atoms. The number of hydrogen-bond donors (Lipinski definition) is 0. The molecule has 0 N–H and O–H groups in total. The van der Waals surface area contributed by atoms with E-state index in [1.165, 1.54) is 0 Å². The summed E-state index contributed by atoms with van der Waals surface area (Å²) < 4.78 is 0. The Bertz CT molecular complexity index is 558. The average Bonchev–Trinajstić information content (AvgIpc) is 2.30. The van der Waals surface area contributed by atoms with Crippen LogP contribution in [0.3, 0.4) is 0 Å². The molecule has 0 aliphatic carbocycles. The van der Waals surface area contributed by atoms with E-state index in [0.717, 1.165) is 11.1 Å². The SMILES string of the molecule is Cc1nc([O-])c(C#N)cc1-c1ccncc1. The highest BCUT2D eigenvalue weighted by Crippen LogP contribution is 2.25. The van der Waals surface area contributed by atoms with Crippen molar-refractivity contribution in [2.75, 3.05) is 0 Å². The number of pyridine rings is 2. The summed E-state index contributed by atoms with van der Waals surface area (Å²) in [4.78, 5) is 7.74. The zero-order valence-corrected chi connectivity index (χ0v) is 8.64. The van der Waals surface area contributed by atoms with Gasteiger partial charge in [0.1, 0.15) is 6.07 Å². The second-order valence-electron chi connectivity index (χ2n) is 3.32. The van der Waals surface area contributed by atoms with Gasteiger partial charge in [0.2, 0.25) is 0 Å². The summed E-state index contributed by atoms with van der Waals surface area (Å²) in [7, 11) is 0. The summed E-state index contributed by atoms with van der Waals surface area (Å²) in [5.74, 6) is -0.474. The van der Waals surface area contributed by atoms with Gasteiger partial charge in [-0.15, -0.1) is 0 Å². The Morgan fingerprint density at radius 2 is 2.00 bits per heavy atom. The molecule has 0 amide bonds. The number of nitrogens with zero attached hydrogens (tertiary/aromatic N) is 3. The van der Waals surface area contributed by atoms with Gasteiger partial charge in [-0.2, -0.15) is 5.26 Å². The van der Waals surface area contributed by atoms with Crippen LogP contribution in [0.1, 0.15) is 11.3 Å². The maximum Gasteiger partial charge on any atom is 0.100 e. The minimum Gasteiger partial charge on any atom is -0.858 e. The van der Waals surface area contributed by atoms with Gasteiger partial charge in [0.15, 0.2) is 0 Å². The topological polar surface area (TPSA) is 72.6 Å². The van der Waals surface area contributed by atoms with Crippen LogP contribution in [-0.2, 0) is 0 Å². The highest BCUT2D eigenvalue weighted by atomic mass is 16.3. The summed E-state index contributed by atoms with van der Waals surface area (Å²) in [6.07, 6.45) is 3.32. The minimum atomic E-state index is -0.474. The smallest absolute Gasteiger partial charge is 0.100 e.